The fourth-order valence-electron chi connectivity index (χ4n) is 2.67. The molecule has 5 heteroatoms. The number of rotatable bonds is 12. The van der Waals surface area contributed by atoms with Crippen LogP contribution in [0.3, 0.4) is 0 Å². The number of nitrogens with one attached hydrogen (secondary N) is 1. The number of nitrogens with zero attached hydrogens (tertiary/aromatic N) is 1. The Morgan fingerprint density at radius 2 is 2.14 bits per heavy atom. The lowest BCUT2D eigenvalue weighted by atomic mass is 9.95. The summed E-state index contributed by atoms with van der Waals surface area (Å²) >= 11 is 0. The molecule has 1 aliphatic carbocycles. The monoisotopic (exact) mass is 299 g/mol. The van der Waals surface area contributed by atoms with Gasteiger partial charge < -0.3 is 15.8 Å². The lowest BCUT2D eigenvalue weighted by Gasteiger charge is -2.34. The van der Waals surface area contributed by atoms with Gasteiger partial charge in [0.2, 0.25) is 5.91 Å². The summed E-state index contributed by atoms with van der Waals surface area (Å²) in [6.07, 6.45) is 4.38. The van der Waals surface area contributed by atoms with Gasteiger partial charge in [0.1, 0.15) is 0 Å². The van der Waals surface area contributed by atoms with Gasteiger partial charge >= 0.3 is 0 Å². The Kier molecular flexibility index (Phi) is 7.63. The Labute approximate surface area is 129 Å². The number of nitrogens with two attached hydrogens (primary N) is 1. The van der Waals surface area contributed by atoms with Gasteiger partial charge in [-0.15, -0.1) is 0 Å². The zero-order chi connectivity index (χ0) is 15.9. The minimum atomic E-state index is -0.620. The normalized spacial score (nSPS) is 19.5. The minimum absolute atomic E-state index is 0.262. The maximum absolute atomic E-state index is 11.8. The number of hydrogen-bond donors (Lipinski definition) is 2. The van der Waals surface area contributed by atoms with E-state index in [0.29, 0.717) is 6.04 Å². The molecule has 1 fully saturated rings. The van der Waals surface area contributed by atoms with Gasteiger partial charge in [0.15, 0.2) is 0 Å². The number of carbonyl (C=O) groups is 1. The van der Waals surface area contributed by atoms with Gasteiger partial charge in [0.05, 0.1) is 12.1 Å². The summed E-state index contributed by atoms with van der Waals surface area (Å²) in [6, 6.07) is 0.559. The molecule has 124 valence electrons. The topological polar surface area (TPSA) is 67.6 Å². The summed E-state index contributed by atoms with van der Waals surface area (Å²) in [5.41, 5.74) is 4.98. The summed E-state index contributed by atoms with van der Waals surface area (Å²) in [7, 11) is 1.73. The number of hydrogen-bond acceptors (Lipinski definition) is 4. The quantitative estimate of drug-likeness (QED) is 0.571. The molecule has 1 amide bonds. The van der Waals surface area contributed by atoms with E-state index in [0.717, 1.165) is 45.0 Å². The Balaban J connectivity index is 2.56. The molecule has 0 radical (unpaired) electrons. The number of primary amides is 1. The van der Waals surface area contributed by atoms with Gasteiger partial charge in [-0.3, -0.25) is 9.69 Å². The molecule has 2 atom stereocenters. The zero-order valence-electron chi connectivity index (χ0n) is 14.2. The molecule has 1 saturated carbocycles. The van der Waals surface area contributed by atoms with Crippen molar-refractivity contribution in [2.75, 3.05) is 33.4 Å². The summed E-state index contributed by atoms with van der Waals surface area (Å²) < 4.78 is 5.22. The molecule has 0 aromatic rings. The van der Waals surface area contributed by atoms with Crippen LogP contribution in [0, 0.1) is 5.92 Å². The Bertz CT molecular complexity index is 321. The van der Waals surface area contributed by atoms with E-state index in [1.807, 2.05) is 6.92 Å². The molecule has 5 nitrogen and oxygen atoms in total. The summed E-state index contributed by atoms with van der Waals surface area (Å²) in [5.74, 6) is 0.548. The Morgan fingerprint density at radius 1 is 1.48 bits per heavy atom. The molecular weight excluding hydrogens is 266 g/mol. The second-order valence-electron chi connectivity index (χ2n) is 6.48. The molecule has 1 rings (SSSR count). The van der Waals surface area contributed by atoms with Crippen LogP contribution in [0.5, 0.6) is 0 Å². The Hall–Kier alpha value is -0.650. The molecule has 2 unspecified atom stereocenters. The summed E-state index contributed by atoms with van der Waals surface area (Å²) in [4.78, 5) is 14.2. The van der Waals surface area contributed by atoms with Crippen LogP contribution in [-0.4, -0.2) is 55.7 Å². The van der Waals surface area contributed by atoms with Gasteiger partial charge in [-0.2, -0.15) is 0 Å². The average molecular weight is 299 g/mol. The van der Waals surface area contributed by atoms with Crippen LogP contribution in [0.4, 0.5) is 0 Å². The third-order valence-corrected chi connectivity index (χ3v) is 4.67. The fraction of sp³-hybridized carbons (Fsp3) is 0.938. The van der Waals surface area contributed by atoms with Gasteiger partial charge in [-0.05, 0) is 52.0 Å². The van der Waals surface area contributed by atoms with Crippen molar-refractivity contribution in [3.8, 4) is 0 Å². The first-order chi connectivity index (χ1) is 9.94. The number of carbonyl (C=O) groups excluding carboxylic acids is 1. The van der Waals surface area contributed by atoms with E-state index in [1.165, 1.54) is 12.8 Å². The molecule has 1 aliphatic rings. The van der Waals surface area contributed by atoms with Gasteiger partial charge in [-0.25, -0.2) is 0 Å². The predicted octanol–water partition coefficient (Wildman–Crippen LogP) is 1.37. The van der Waals surface area contributed by atoms with Crippen LogP contribution >= 0.6 is 0 Å². The van der Waals surface area contributed by atoms with Crippen molar-refractivity contribution in [2.24, 2.45) is 11.7 Å². The number of ether oxygens (including phenoxy) is 1. The lowest BCUT2D eigenvalue weighted by molar-refractivity contribution is -0.124. The van der Waals surface area contributed by atoms with Gasteiger partial charge in [0, 0.05) is 26.2 Å². The highest BCUT2D eigenvalue weighted by atomic mass is 16.5. The first-order valence-corrected chi connectivity index (χ1v) is 8.22. The molecule has 0 aliphatic heterocycles. The maximum atomic E-state index is 11.8. The molecule has 0 heterocycles. The van der Waals surface area contributed by atoms with E-state index in [1.54, 1.807) is 7.11 Å². The molecule has 0 saturated heterocycles. The van der Waals surface area contributed by atoms with E-state index in [4.69, 9.17) is 10.5 Å². The van der Waals surface area contributed by atoms with E-state index in [9.17, 15) is 4.79 Å². The van der Waals surface area contributed by atoms with Crippen LogP contribution in [0.25, 0.3) is 0 Å². The molecule has 0 aromatic carbocycles. The van der Waals surface area contributed by atoms with Crippen LogP contribution in [0.15, 0.2) is 0 Å². The standard InChI is InChI=1S/C16H33N3O2/c1-5-9-18-16(3,15(17)20)8-10-19(11-12-21-4)13(2)14-6-7-14/h13-14,18H,5-12H2,1-4H3,(H2,17,20). The number of amides is 1. The lowest BCUT2D eigenvalue weighted by Crippen LogP contribution is -2.55. The van der Waals surface area contributed by atoms with Crippen LogP contribution in [0.2, 0.25) is 0 Å². The Morgan fingerprint density at radius 3 is 2.62 bits per heavy atom. The van der Waals surface area contributed by atoms with E-state index >= 15 is 0 Å². The molecule has 3 N–H and O–H groups in total. The van der Waals surface area contributed by atoms with Crippen LogP contribution in [0.1, 0.15) is 46.5 Å². The third-order valence-electron chi connectivity index (χ3n) is 4.67. The largest absolute Gasteiger partial charge is 0.383 e. The van der Waals surface area contributed by atoms with Crippen molar-refractivity contribution >= 4 is 5.91 Å². The maximum Gasteiger partial charge on any atom is 0.237 e. The molecule has 0 bridgehead atoms. The van der Waals surface area contributed by atoms with Gasteiger partial charge in [-0.1, -0.05) is 6.92 Å². The van der Waals surface area contributed by atoms with Crippen molar-refractivity contribution in [3.63, 3.8) is 0 Å². The highest BCUT2D eigenvalue weighted by Gasteiger charge is 2.35. The first kappa shape index (κ1) is 18.4. The molecule has 0 aromatic heterocycles. The summed E-state index contributed by atoms with van der Waals surface area (Å²) in [5, 5.41) is 3.31. The van der Waals surface area contributed by atoms with E-state index in [2.05, 4.69) is 24.1 Å². The first-order valence-electron chi connectivity index (χ1n) is 8.22. The fourth-order valence-corrected chi connectivity index (χ4v) is 2.67. The van der Waals surface area contributed by atoms with Gasteiger partial charge in [0.25, 0.3) is 0 Å². The van der Waals surface area contributed by atoms with Crippen LogP contribution in [-0.2, 0) is 9.53 Å². The van der Waals surface area contributed by atoms with Crippen LogP contribution < -0.4 is 11.1 Å². The van der Waals surface area contributed by atoms with Crippen molar-refractivity contribution in [2.45, 2.75) is 58.0 Å². The average Bonchev–Trinajstić information content (AvgIpc) is 3.29. The molecule has 0 spiro atoms. The van der Waals surface area contributed by atoms with E-state index < -0.39 is 5.54 Å². The van der Waals surface area contributed by atoms with Crippen molar-refractivity contribution in [3.05, 3.63) is 0 Å². The van der Waals surface area contributed by atoms with Crippen molar-refractivity contribution in [1.82, 2.24) is 10.2 Å². The SMILES string of the molecule is CCCNC(C)(CCN(CCOC)C(C)C1CC1)C(N)=O. The second-order valence-corrected chi connectivity index (χ2v) is 6.48. The zero-order valence-corrected chi connectivity index (χ0v) is 14.2. The highest BCUT2D eigenvalue weighted by Crippen LogP contribution is 2.35. The van der Waals surface area contributed by atoms with Crippen molar-refractivity contribution < 1.29 is 9.53 Å². The van der Waals surface area contributed by atoms with E-state index in [-0.39, 0.29) is 5.91 Å². The third kappa shape index (κ3) is 5.93. The predicted molar refractivity (Wildman–Crippen MR) is 86.1 cm³/mol. The summed E-state index contributed by atoms with van der Waals surface area (Å²) in [6.45, 7) is 9.63. The molecular formula is C16H33N3O2. The van der Waals surface area contributed by atoms with Crippen molar-refractivity contribution in [1.29, 1.82) is 0 Å². The number of methoxy groups -OCH3 is 1. The second kappa shape index (κ2) is 8.71. The molecule has 21 heavy (non-hydrogen) atoms. The minimum Gasteiger partial charge on any atom is -0.383 e. The highest BCUT2D eigenvalue weighted by molar-refractivity contribution is 5.84. The smallest absolute Gasteiger partial charge is 0.237 e.